The molecule has 134 valence electrons. The van der Waals surface area contributed by atoms with Crippen LogP contribution in [-0.2, 0) is 9.53 Å². The zero-order chi connectivity index (χ0) is 18.4. The van der Waals surface area contributed by atoms with Gasteiger partial charge in [0.15, 0.2) is 0 Å². The van der Waals surface area contributed by atoms with Crippen LogP contribution in [0, 0.1) is 5.41 Å². The number of hydrogen-bond acceptors (Lipinski definition) is 4. The Kier molecular flexibility index (Phi) is 6.34. The van der Waals surface area contributed by atoms with Crippen molar-refractivity contribution in [2.75, 3.05) is 7.11 Å². The van der Waals surface area contributed by atoms with E-state index >= 15 is 0 Å². The molecule has 0 aliphatic rings. The Bertz CT molecular complexity index is 625. The number of rotatable bonds is 6. The lowest BCUT2D eigenvalue weighted by molar-refractivity contribution is -0.148. The standard InChI is InChI=1S/C21H27NO3/c1-21(2,3)19(23)18(20(24)25-4)22-17(15-11-7-5-8-12-15)16-13-9-6-10-14-16/h5-14,17-19,22-23H,1-4H3/t18-,19-/m0/s1. The first-order chi connectivity index (χ1) is 11.8. The van der Waals surface area contributed by atoms with Gasteiger partial charge >= 0.3 is 5.97 Å². The number of nitrogens with one attached hydrogen (secondary N) is 1. The van der Waals surface area contributed by atoms with Crippen molar-refractivity contribution in [3.63, 3.8) is 0 Å². The highest BCUT2D eigenvalue weighted by molar-refractivity contribution is 5.76. The number of hydrogen-bond donors (Lipinski definition) is 2. The van der Waals surface area contributed by atoms with E-state index in [2.05, 4.69) is 5.32 Å². The second-order valence-electron chi connectivity index (χ2n) is 7.23. The SMILES string of the molecule is COC(=O)[C@@H](NC(c1ccccc1)c1ccccc1)[C@H](O)C(C)(C)C. The molecule has 2 rings (SSSR count). The molecule has 0 aliphatic heterocycles. The minimum absolute atomic E-state index is 0.233. The quantitative estimate of drug-likeness (QED) is 0.792. The highest BCUT2D eigenvalue weighted by Gasteiger charge is 2.37. The first-order valence-corrected chi connectivity index (χ1v) is 8.46. The van der Waals surface area contributed by atoms with Crippen molar-refractivity contribution in [2.24, 2.45) is 5.41 Å². The predicted octanol–water partition coefficient (Wildman–Crippen LogP) is 3.31. The molecule has 4 heteroatoms. The van der Waals surface area contributed by atoms with Crippen molar-refractivity contribution < 1.29 is 14.6 Å². The van der Waals surface area contributed by atoms with Gasteiger partial charge in [-0.15, -0.1) is 0 Å². The fraction of sp³-hybridized carbons (Fsp3) is 0.381. The van der Waals surface area contributed by atoms with E-state index in [0.29, 0.717) is 0 Å². The van der Waals surface area contributed by atoms with Crippen molar-refractivity contribution >= 4 is 5.97 Å². The van der Waals surface area contributed by atoms with Gasteiger partial charge < -0.3 is 9.84 Å². The molecule has 4 nitrogen and oxygen atoms in total. The molecule has 0 unspecified atom stereocenters. The fourth-order valence-corrected chi connectivity index (χ4v) is 2.77. The molecular formula is C21H27NO3. The molecule has 0 saturated carbocycles. The van der Waals surface area contributed by atoms with Crippen molar-refractivity contribution in [3.05, 3.63) is 71.8 Å². The summed E-state index contributed by atoms with van der Waals surface area (Å²) in [7, 11) is 1.34. The van der Waals surface area contributed by atoms with Gasteiger partial charge in [0.1, 0.15) is 6.04 Å². The van der Waals surface area contributed by atoms with Crippen LogP contribution in [0.3, 0.4) is 0 Å². The predicted molar refractivity (Wildman–Crippen MR) is 99.1 cm³/mol. The summed E-state index contributed by atoms with van der Waals surface area (Å²) in [5, 5.41) is 14.0. The summed E-state index contributed by atoms with van der Waals surface area (Å²) in [4.78, 5) is 12.4. The van der Waals surface area contributed by atoms with Gasteiger partial charge in [-0.25, -0.2) is 0 Å². The Morgan fingerprint density at radius 2 is 1.40 bits per heavy atom. The number of esters is 1. The number of benzene rings is 2. The molecule has 2 aromatic rings. The maximum Gasteiger partial charge on any atom is 0.325 e. The Labute approximate surface area is 149 Å². The number of aliphatic hydroxyl groups excluding tert-OH is 1. The van der Waals surface area contributed by atoms with Crippen LogP contribution in [0.15, 0.2) is 60.7 Å². The molecule has 2 atom stereocenters. The normalized spacial score (nSPS) is 14.2. The molecule has 25 heavy (non-hydrogen) atoms. The molecule has 0 radical (unpaired) electrons. The summed E-state index contributed by atoms with van der Waals surface area (Å²) in [6.45, 7) is 5.69. The monoisotopic (exact) mass is 341 g/mol. The molecular weight excluding hydrogens is 314 g/mol. The first-order valence-electron chi connectivity index (χ1n) is 8.46. The zero-order valence-electron chi connectivity index (χ0n) is 15.3. The second-order valence-corrected chi connectivity index (χ2v) is 7.23. The van der Waals surface area contributed by atoms with Crippen molar-refractivity contribution in [1.29, 1.82) is 0 Å². The summed E-state index contributed by atoms with van der Waals surface area (Å²) in [5.74, 6) is -0.473. The second kappa shape index (κ2) is 8.28. The minimum atomic E-state index is -0.894. The van der Waals surface area contributed by atoms with E-state index in [1.807, 2.05) is 81.4 Å². The average molecular weight is 341 g/mol. The van der Waals surface area contributed by atoms with Crippen LogP contribution in [0.2, 0.25) is 0 Å². The maximum absolute atomic E-state index is 12.4. The molecule has 0 aliphatic carbocycles. The Morgan fingerprint density at radius 3 is 1.76 bits per heavy atom. The lowest BCUT2D eigenvalue weighted by Crippen LogP contribution is -2.53. The van der Waals surface area contributed by atoms with E-state index < -0.39 is 23.5 Å². The Hall–Kier alpha value is -2.17. The molecule has 0 saturated heterocycles. The van der Waals surface area contributed by atoms with Gasteiger partial charge in [0.2, 0.25) is 0 Å². The van der Waals surface area contributed by atoms with E-state index in [0.717, 1.165) is 11.1 Å². The lowest BCUT2D eigenvalue weighted by atomic mass is 9.84. The zero-order valence-corrected chi connectivity index (χ0v) is 15.3. The van der Waals surface area contributed by atoms with Gasteiger partial charge in [0.25, 0.3) is 0 Å². The molecule has 2 aromatic carbocycles. The van der Waals surface area contributed by atoms with E-state index in [1.165, 1.54) is 7.11 Å². The van der Waals surface area contributed by atoms with Crippen LogP contribution >= 0.6 is 0 Å². The summed E-state index contributed by atoms with van der Waals surface area (Å²) >= 11 is 0. The topological polar surface area (TPSA) is 58.6 Å². The van der Waals surface area contributed by atoms with Gasteiger partial charge in [-0.2, -0.15) is 0 Å². The van der Waals surface area contributed by atoms with Gasteiger partial charge in [-0.05, 0) is 16.5 Å². The van der Waals surface area contributed by atoms with E-state index in [-0.39, 0.29) is 6.04 Å². The molecule has 0 aromatic heterocycles. The van der Waals surface area contributed by atoms with Crippen LogP contribution in [-0.4, -0.2) is 30.3 Å². The Balaban J connectivity index is 2.41. The highest BCUT2D eigenvalue weighted by atomic mass is 16.5. The smallest absolute Gasteiger partial charge is 0.325 e. The summed E-state index contributed by atoms with van der Waals surface area (Å²) in [6, 6.07) is 18.7. The third-order valence-corrected chi connectivity index (χ3v) is 4.27. The number of aliphatic hydroxyl groups is 1. The number of ether oxygens (including phenoxy) is 1. The molecule has 0 amide bonds. The Morgan fingerprint density at radius 1 is 0.960 bits per heavy atom. The van der Waals surface area contributed by atoms with E-state index in [4.69, 9.17) is 4.74 Å². The molecule has 2 N–H and O–H groups in total. The molecule has 0 bridgehead atoms. The minimum Gasteiger partial charge on any atom is -0.468 e. The third-order valence-electron chi connectivity index (χ3n) is 4.27. The van der Waals surface area contributed by atoms with Gasteiger partial charge in [0.05, 0.1) is 19.3 Å². The lowest BCUT2D eigenvalue weighted by Gasteiger charge is -2.34. The van der Waals surface area contributed by atoms with Gasteiger partial charge in [-0.1, -0.05) is 81.4 Å². The van der Waals surface area contributed by atoms with Gasteiger partial charge in [0, 0.05) is 0 Å². The third kappa shape index (κ3) is 4.91. The fourth-order valence-electron chi connectivity index (χ4n) is 2.77. The van der Waals surface area contributed by atoms with Crippen LogP contribution in [0.5, 0.6) is 0 Å². The highest BCUT2D eigenvalue weighted by Crippen LogP contribution is 2.27. The van der Waals surface area contributed by atoms with Crippen LogP contribution in [0.1, 0.15) is 37.9 Å². The number of methoxy groups -OCH3 is 1. The summed E-state index contributed by atoms with van der Waals surface area (Å²) in [5.41, 5.74) is 1.57. The molecule has 0 fully saturated rings. The largest absolute Gasteiger partial charge is 0.468 e. The average Bonchev–Trinajstić information content (AvgIpc) is 2.62. The summed E-state index contributed by atoms with van der Waals surface area (Å²) < 4.78 is 4.94. The first kappa shape index (κ1) is 19.2. The van der Waals surface area contributed by atoms with Crippen molar-refractivity contribution in [2.45, 2.75) is 39.0 Å². The van der Waals surface area contributed by atoms with Crippen LogP contribution < -0.4 is 5.32 Å². The summed E-state index contributed by atoms with van der Waals surface area (Å²) in [6.07, 6.45) is -0.894. The number of carbonyl (C=O) groups is 1. The molecule has 0 spiro atoms. The van der Waals surface area contributed by atoms with E-state index in [9.17, 15) is 9.90 Å². The van der Waals surface area contributed by atoms with Crippen molar-refractivity contribution in [3.8, 4) is 0 Å². The van der Waals surface area contributed by atoms with Crippen molar-refractivity contribution in [1.82, 2.24) is 5.32 Å². The van der Waals surface area contributed by atoms with Gasteiger partial charge in [-0.3, -0.25) is 10.1 Å². The van der Waals surface area contributed by atoms with Crippen LogP contribution in [0.25, 0.3) is 0 Å². The van der Waals surface area contributed by atoms with E-state index in [1.54, 1.807) is 0 Å². The maximum atomic E-state index is 12.4. The van der Waals surface area contributed by atoms with Crippen LogP contribution in [0.4, 0.5) is 0 Å². The molecule has 0 heterocycles. The number of carbonyl (C=O) groups excluding carboxylic acids is 1.